The van der Waals surface area contributed by atoms with Gasteiger partial charge < -0.3 is 26.0 Å². The van der Waals surface area contributed by atoms with Crippen molar-refractivity contribution < 1.29 is 19.7 Å². The number of carbonyl (C=O) groups excluding carboxylic acids is 1. The molecule has 2 unspecified atom stereocenters. The molecule has 0 spiro atoms. The fourth-order valence-electron chi connectivity index (χ4n) is 2.50. The van der Waals surface area contributed by atoms with Crippen LogP contribution in [0.2, 0.25) is 0 Å². The maximum Gasteiger partial charge on any atom is 0.258 e. The second-order valence-corrected chi connectivity index (χ2v) is 6.03. The van der Waals surface area contributed by atoms with Crippen LogP contribution in [0.4, 0.5) is 5.69 Å². The van der Waals surface area contributed by atoms with Crippen LogP contribution in [0, 0.1) is 13.8 Å². The lowest BCUT2D eigenvalue weighted by Gasteiger charge is -2.23. The number of aliphatic hydroxyl groups is 2. The lowest BCUT2D eigenvalue weighted by atomic mass is 10.0. The van der Waals surface area contributed by atoms with Crippen molar-refractivity contribution in [1.82, 2.24) is 5.32 Å². The first-order valence-corrected chi connectivity index (χ1v) is 8.04. The third-order valence-electron chi connectivity index (χ3n) is 3.89. The number of benzene rings is 2. The molecule has 0 saturated heterocycles. The molecule has 0 aliphatic heterocycles. The van der Waals surface area contributed by atoms with Gasteiger partial charge in [-0.05, 0) is 43.2 Å². The number of amides is 1. The fourth-order valence-corrected chi connectivity index (χ4v) is 2.50. The number of nitrogens with two attached hydrogens (primary N) is 1. The number of hydrogen-bond donors (Lipinski definition) is 4. The highest BCUT2D eigenvalue weighted by Gasteiger charge is 2.22. The Morgan fingerprint density at radius 3 is 2.48 bits per heavy atom. The summed E-state index contributed by atoms with van der Waals surface area (Å²) in [5, 5.41) is 22.4. The zero-order chi connectivity index (χ0) is 18.4. The first kappa shape index (κ1) is 18.8. The van der Waals surface area contributed by atoms with Crippen LogP contribution in [0.5, 0.6) is 5.75 Å². The molecule has 0 bridgehead atoms. The first-order chi connectivity index (χ1) is 11.9. The molecule has 6 nitrogen and oxygen atoms in total. The Kier molecular flexibility index (Phi) is 6.38. The zero-order valence-electron chi connectivity index (χ0n) is 14.4. The van der Waals surface area contributed by atoms with E-state index in [0.717, 1.165) is 11.1 Å². The molecule has 0 radical (unpaired) electrons. The molecule has 5 N–H and O–H groups in total. The second-order valence-electron chi connectivity index (χ2n) is 6.03. The summed E-state index contributed by atoms with van der Waals surface area (Å²) >= 11 is 0. The van der Waals surface area contributed by atoms with E-state index < -0.39 is 24.7 Å². The number of carbonyl (C=O) groups is 1. The van der Waals surface area contributed by atoms with Gasteiger partial charge in [-0.1, -0.05) is 29.8 Å². The topological polar surface area (TPSA) is 105 Å². The van der Waals surface area contributed by atoms with Crippen LogP contribution in [-0.4, -0.2) is 35.4 Å². The maximum absolute atomic E-state index is 12.1. The summed E-state index contributed by atoms with van der Waals surface area (Å²) in [6, 6.07) is 11.5. The summed E-state index contributed by atoms with van der Waals surface area (Å²) in [4.78, 5) is 12.1. The predicted octanol–water partition coefficient (Wildman–Crippen LogP) is 1.48. The van der Waals surface area contributed by atoms with Gasteiger partial charge in [-0.3, -0.25) is 4.79 Å². The highest BCUT2D eigenvalue weighted by atomic mass is 16.5. The van der Waals surface area contributed by atoms with E-state index in [2.05, 4.69) is 5.32 Å². The molecule has 0 saturated carbocycles. The summed E-state index contributed by atoms with van der Waals surface area (Å²) in [5.74, 6) is 0.203. The number of rotatable bonds is 7. The standard InChI is InChI=1S/C19H24N2O4/c1-12-3-8-17(13(2)9-12)25-11-18(23)21-16(10-22)19(24)14-4-6-15(20)7-5-14/h3-9,16,19,22,24H,10-11,20H2,1-2H3,(H,21,23). The van der Waals surface area contributed by atoms with E-state index in [0.29, 0.717) is 17.0 Å². The molecule has 2 rings (SSSR count). The molecule has 134 valence electrons. The van der Waals surface area contributed by atoms with Crippen molar-refractivity contribution in [3.05, 3.63) is 59.2 Å². The molecule has 2 atom stereocenters. The molecule has 6 heteroatoms. The Morgan fingerprint density at radius 2 is 1.88 bits per heavy atom. The predicted molar refractivity (Wildman–Crippen MR) is 96.2 cm³/mol. The van der Waals surface area contributed by atoms with Gasteiger partial charge in [-0.25, -0.2) is 0 Å². The molecule has 25 heavy (non-hydrogen) atoms. The Labute approximate surface area is 147 Å². The molecule has 2 aromatic carbocycles. The van der Waals surface area contributed by atoms with Crippen molar-refractivity contribution in [3.8, 4) is 5.75 Å². The SMILES string of the molecule is Cc1ccc(OCC(=O)NC(CO)C(O)c2ccc(N)cc2)c(C)c1. The van der Waals surface area contributed by atoms with E-state index in [9.17, 15) is 15.0 Å². The normalized spacial score (nSPS) is 13.1. The summed E-state index contributed by atoms with van der Waals surface area (Å²) in [6.45, 7) is 3.28. The van der Waals surface area contributed by atoms with Crippen LogP contribution in [0.3, 0.4) is 0 Å². The average Bonchev–Trinajstić information content (AvgIpc) is 2.59. The van der Waals surface area contributed by atoms with E-state index in [1.165, 1.54) is 0 Å². The quantitative estimate of drug-likeness (QED) is 0.570. The van der Waals surface area contributed by atoms with E-state index in [1.807, 2.05) is 32.0 Å². The largest absolute Gasteiger partial charge is 0.484 e. The van der Waals surface area contributed by atoms with Gasteiger partial charge in [0.05, 0.1) is 12.6 Å². The zero-order valence-corrected chi connectivity index (χ0v) is 14.4. The number of aliphatic hydroxyl groups excluding tert-OH is 2. The lowest BCUT2D eigenvalue weighted by molar-refractivity contribution is -0.125. The number of aryl methyl sites for hydroxylation is 2. The minimum atomic E-state index is -1.05. The van der Waals surface area contributed by atoms with Crippen LogP contribution in [0.1, 0.15) is 22.8 Å². The molecule has 1 amide bonds. The van der Waals surface area contributed by atoms with Gasteiger partial charge in [0.1, 0.15) is 11.9 Å². The number of anilines is 1. The lowest BCUT2D eigenvalue weighted by Crippen LogP contribution is -2.44. The van der Waals surface area contributed by atoms with E-state index in [-0.39, 0.29) is 6.61 Å². The smallest absolute Gasteiger partial charge is 0.258 e. The fraction of sp³-hybridized carbons (Fsp3) is 0.316. The van der Waals surface area contributed by atoms with Gasteiger partial charge in [-0.2, -0.15) is 0 Å². The minimum Gasteiger partial charge on any atom is -0.484 e. The minimum absolute atomic E-state index is 0.200. The van der Waals surface area contributed by atoms with E-state index >= 15 is 0 Å². The summed E-state index contributed by atoms with van der Waals surface area (Å²) in [7, 11) is 0. The van der Waals surface area contributed by atoms with Gasteiger partial charge in [-0.15, -0.1) is 0 Å². The molecule has 0 fully saturated rings. The van der Waals surface area contributed by atoms with Gasteiger partial charge in [0.2, 0.25) is 0 Å². The maximum atomic E-state index is 12.1. The second kappa shape index (κ2) is 8.50. The van der Waals surface area contributed by atoms with E-state index in [4.69, 9.17) is 10.5 Å². The monoisotopic (exact) mass is 344 g/mol. The highest BCUT2D eigenvalue weighted by Crippen LogP contribution is 2.20. The van der Waals surface area contributed by atoms with Crippen molar-refractivity contribution in [3.63, 3.8) is 0 Å². The Bertz CT molecular complexity index is 716. The molecular formula is C19H24N2O4. The van der Waals surface area contributed by atoms with Crippen molar-refractivity contribution in [2.45, 2.75) is 26.0 Å². The van der Waals surface area contributed by atoms with Gasteiger partial charge in [0, 0.05) is 5.69 Å². The molecule has 0 heterocycles. The van der Waals surface area contributed by atoms with Crippen LogP contribution in [0.25, 0.3) is 0 Å². The van der Waals surface area contributed by atoms with Crippen molar-refractivity contribution in [1.29, 1.82) is 0 Å². The third kappa shape index (κ3) is 5.20. The molecule has 0 aromatic heterocycles. The number of nitrogen functional groups attached to an aromatic ring is 1. The molecule has 0 aliphatic rings. The summed E-state index contributed by atoms with van der Waals surface area (Å²) < 4.78 is 5.51. The van der Waals surface area contributed by atoms with Crippen LogP contribution in [-0.2, 0) is 4.79 Å². The Balaban J connectivity index is 1.93. The number of hydrogen-bond acceptors (Lipinski definition) is 5. The highest BCUT2D eigenvalue weighted by molar-refractivity contribution is 5.78. The summed E-state index contributed by atoms with van der Waals surface area (Å²) in [6.07, 6.45) is -1.05. The molecular weight excluding hydrogens is 320 g/mol. The van der Waals surface area contributed by atoms with Gasteiger partial charge in [0.15, 0.2) is 6.61 Å². The van der Waals surface area contributed by atoms with Crippen LogP contribution < -0.4 is 15.8 Å². The first-order valence-electron chi connectivity index (χ1n) is 8.04. The van der Waals surface area contributed by atoms with Crippen molar-refractivity contribution in [2.75, 3.05) is 18.9 Å². The Hall–Kier alpha value is -2.57. The number of ether oxygens (including phenoxy) is 1. The van der Waals surface area contributed by atoms with Crippen LogP contribution >= 0.6 is 0 Å². The molecule has 0 aliphatic carbocycles. The summed E-state index contributed by atoms with van der Waals surface area (Å²) in [5.41, 5.74) is 8.80. The third-order valence-corrected chi connectivity index (χ3v) is 3.89. The van der Waals surface area contributed by atoms with Crippen molar-refractivity contribution >= 4 is 11.6 Å². The van der Waals surface area contributed by atoms with Crippen LogP contribution in [0.15, 0.2) is 42.5 Å². The van der Waals surface area contributed by atoms with E-state index in [1.54, 1.807) is 24.3 Å². The Morgan fingerprint density at radius 1 is 1.20 bits per heavy atom. The molecule has 2 aromatic rings. The van der Waals surface area contributed by atoms with Gasteiger partial charge in [0.25, 0.3) is 5.91 Å². The van der Waals surface area contributed by atoms with Gasteiger partial charge >= 0.3 is 0 Å². The average molecular weight is 344 g/mol. The van der Waals surface area contributed by atoms with Crippen molar-refractivity contribution in [2.24, 2.45) is 0 Å². The number of nitrogens with one attached hydrogen (secondary N) is 1.